The molecule has 0 aliphatic carbocycles. The Morgan fingerprint density at radius 2 is 2.07 bits per heavy atom. The lowest BCUT2D eigenvalue weighted by atomic mass is 10.1. The number of aromatic nitrogens is 1. The van der Waals surface area contributed by atoms with Crippen LogP contribution in [0.15, 0.2) is 36.5 Å². The van der Waals surface area contributed by atoms with E-state index in [-0.39, 0.29) is 5.56 Å². The van der Waals surface area contributed by atoms with Crippen LogP contribution in [0.2, 0.25) is 0 Å². The average Bonchev–Trinajstić information content (AvgIpc) is 2.19. The van der Waals surface area contributed by atoms with Crippen molar-refractivity contribution in [3.8, 4) is 11.3 Å². The van der Waals surface area contributed by atoms with Crippen LogP contribution in [0, 0.1) is 17.7 Å². The smallest absolute Gasteiger partial charge is 0.135 e. The molecule has 2 aromatic rings. The van der Waals surface area contributed by atoms with Gasteiger partial charge in [0.25, 0.3) is 0 Å². The van der Waals surface area contributed by atoms with Crippen molar-refractivity contribution in [2.75, 3.05) is 0 Å². The second-order valence-electron chi connectivity index (χ2n) is 2.77. The van der Waals surface area contributed by atoms with Gasteiger partial charge < -0.3 is 0 Å². The summed E-state index contributed by atoms with van der Waals surface area (Å²) >= 11 is 0. The van der Waals surface area contributed by atoms with Crippen LogP contribution in [0.1, 0.15) is 0 Å². The fourth-order valence-corrected chi connectivity index (χ4v) is 1.17. The summed E-state index contributed by atoms with van der Waals surface area (Å²) in [5.74, 6) is -1.21. The Morgan fingerprint density at radius 1 is 1.21 bits per heavy atom. The number of hydrogen-bond donors (Lipinski definition) is 0. The monoisotopic (exact) mass is 190 g/mol. The summed E-state index contributed by atoms with van der Waals surface area (Å²) < 4.78 is 25.8. The quantitative estimate of drug-likeness (QED) is 0.673. The molecular formula is C11H6F2N. The first-order chi connectivity index (χ1) is 6.77. The molecule has 0 saturated heterocycles. The molecule has 1 aromatic carbocycles. The van der Waals surface area contributed by atoms with Crippen molar-refractivity contribution in [3.63, 3.8) is 0 Å². The Labute approximate surface area is 80.0 Å². The summed E-state index contributed by atoms with van der Waals surface area (Å²) in [4.78, 5) is 3.95. The number of benzene rings is 1. The highest BCUT2D eigenvalue weighted by Crippen LogP contribution is 2.20. The number of pyridine rings is 1. The third-order valence-corrected chi connectivity index (χ3v) is 1.81. The van der Waals surface area contributed by atoms with Gasteiger partial charge in [-0.2, -0.15) is 0 Å². The van der Waals surface area contributed by atoms with E-state index in [4.69, 9.17) is 0 Å². The van der Waals surface area contributed by atoms with Crippen LogP contribution in [0.25, 0.3) is 11.3 Å². The highest BCUT2D eigenvalue weighted by atomic mass is 19.1. The first kappa shape index (κ1) is 8.81. The average molecular weight is 190 g/mol. The molecule has 1 aromatic heterocycles. The lowest BCUT2D eigenvalue weighted by molar-refractivity contribution is 0.585. The fraction of sp³-hybridized carbons (Fsp3) is 0. The number of nitrogens with zero attached hydrogens (tertiary/aromatic N) is 1. The first-order valence-corrected chi connectivity index (χ1v) is 4.05. The van der Waals surface area contributed by atoms with Crippen LogP contribution < -0.4 is 0 Å². The molecule has 1 radical (unpaired) electrons. The minimum absolute atomic E-state index is 0.281. The van der Waals surface area contributed by atoms with E-state index < -0.39 is 11.6 Å². The maximum atomic E-state index is 13.2. The molecule has 0 N–H and O–H groups in total. The van der Waals surface area contributed by atoms with Crippen molar-refractivity contribution in [3.05, 3.63) is 54.2 Å². The third kappa shape index (κ3) is 1.62. The van der Waals surface area contributed by atoms with Crippen molar-refractivity contribution < 1.29 is 8.78 Å². The van der Waals surface area contributed by atoms with Gasteiger partial charge >= 0.3 is 0 Å². The van der Waals surface area contributed by atoms with Crippen molar-refractivity contribution in [2.45, 2.75) is 0 Å². The normalized spacial score (nSPS) is 10.1. The number of halogens is 2. The summed E-state index contributed by atoms with van der Waals surface area (Å²) in [6.45, 7) is 0. The number of rotatable bonds is 1. The summed E-state index contributed by atoms with van der Waals surface area (Å²) in [6.07, 6.45) is 1.51. The maximum Gasteiger partial charge on any atom is 0.135 e. The molecule has 0 unspecified atom stereocenters. The Kier molecular flexibility index (Phi) is 2.23. The molecule has 0 amide bonds. The van der Waals surface area contributed by atoms with Crippen LogP contribution in [0.4, 0.5) is 8.78 Å². The summed E-state index contributed by atoms with van der Waals surface area (Å²) in [7, 11) is 0. The molecule has 14 heavy (non-hydrogen) atoms. The van der Waals surface area contributed by atoms with Crippen LogP contribution in [-0.2, 0) is 0 Å². The SMILES string of the molecule is Fc1ccc(-c2c[c]ccn2)c(F)c1. The van der Waals surface area contributed by atoms with Gasteiger partial charge in [-0.3, -0.25) is 4.98 Å². The van der Waals surface area contributed by atoms with Gasteiger partial charge in [0.15, 0.2) is 0 Å². The third-order valence-electron chi connectivity index (χ3n) is 1.81. The van der Waals surface area contributed by atoms with Crippen molar-refractivity contribution in [2.24, 2.45) is 0 Å². The van der Waals surface area contributed by atoms with E-state index in [0.717, 1.165) is 6.07 Å². The van der Waals surface area contributed by atoms with E-state index in [1.54, 1.807) is 12.1 Å². The van der Waals surface area contributed by atoms with Gasteiger partial charge in [-0.25, -0.2) is 8.78 Å². The maximum absolute atomic E-state index is 13.2. The molecule has 0 atom stereocenters. The van der Waals surface area contributed by atoms with Crippen molar-refractivity contribution in [1.29, 1.82) is 0 Å². The molecule has 0 bridgehead atoms. The second-order valence-corrected chi connectivity index (χ2v) is 2.77. The van der Waals surface area contributed by atoms with E-state index in [1.165, 1.54) is 18.3 Å². The van der Waals surface area contributed by atoms with E-state index in [2.05, 4.69) is 11.1 Å². The minimum atomic E-state index is -0.614. The molecule has 0 aliphatic rings. The molecule has 1 nitrogen and oxygen atoms in total. The lowest BCUT2D eigenvalue weighted by Crippen LogP contribution is -1.88. The Bertz CT molecular complexity index is 440. The van der Waals surface area contributed by atoms with Gasteiger partial charge in [-0.05, 0) is 30.3 Å². The predicted molar refractivity (Wildman–Crippen MR) is 48.4 cm³/mol. The van der Waals surface area contributed by atoms with Gasteiger partial charge in [-0.15, -0.1) is 0 Å². The second kappa shape index (κ2) is 3.54. The molecule has 0 saturated carbocycles. The van der Waals surface area contributed by atoms with Gasteiger partial charge in [-0.1, -0.05) is 0 Å². The van der Waals surface area contributed by atoms with Crippen molar-refractivity contribution in [1.82, 2.24) is 4.98 Å². The Hall–Kier alpha value is -1.77. The highest BCUT2D eigenvalue weighted by molar-refractivity contribution is 5.59. The van der Waals surface area contributed by atoms with Gasteiger partial charge in [0, 0.05) is 17.8 Å². The first-order valence-electron chi connectivity index (χ1n) is 4.05. The Balaban J connectivity index is 2.53. The van der Waals surface area contributed by atoms with E-state index >= 15 is 0 Å². The molecule has 1 heterocycles. The zero-order valence-electron chi connectivity index (χ0n) is 7.17. The predicted octanol–water partition coefficient (Wildman–Crippen LogP) is 2.83. The lowest BCUT2D eigenvalue weighted by Gasteiger charge is -2.01. The van der Waals surface area contributed by atoms with Gasteiger partial charge in [0.05, 0.1) is 5.69 Å². The molecule has 69 valence electrons. The fourth-order valence-electron chi connectivity index (χ4n) is 1.17. The number of hydrogen-bond acceptors (Lipinski definition) is 1. The molecule has 0 aliphatic heterocycles. The highest BCUT2D eigenvalue weighted by Gasteiger charge is 2.06. The molecule has 0 spiro atoms. The van der Waals surface area contributed by atoms with E-state index in [0.29, 0.717) is 5.69 Å². The molecule has 0 fully saturated rings. The van der Waals surface area contributed by atoms with E-state index in [1.807, 2.05) is 0 Å². The minimum Gasteiger partial charge on any atom is -0.256 e. The van der Waals surface area contributed by atoms with Crippen LogP contribution in [-0.4, -0.2) is 4.98 Å². The largest absolute Gasteiger partial charge is 0.256 e. The zero-order valence-corrected chi connectivity index (χ0v) is 7.17. The standard InChI is InChI=1S/C11H6F2N/c12-8-4-5-9(10(13)7-8)11-3-1-2-6-14-11/h2-7H. The summed E-state index contributed by atoms with van der Waals surface area (Å²) in [6, 6.07) is 9.35. The van der Waals surface area contributed by atoms with Crippen molar-refractivity contribution >= 4 is 0 Å². The topological polar surface area (TPSA) is 12.9 Å². The molecule has 2 rings (SSSR count). The molecular weight excluding hydrogens is 184 g/mol. The summed E-state index contributed by atoms with van der Waals surface area (Å²) in [5, 5.41) is 0. The van der Waals surface area contributed by atoms with Crippen LogP contribution >= 0.6 is 0 Å². The van der Waals surface area contributed by atoms with Gasteiger partial charge in [0.1, 0.15) is 11.6 Å². The van der Waals surface area contributed by atoms with Crippen LogP contribution in [0.3, 0.4) is 0 Å². The van der Waals surface area contributed by atoms with Crippen LogP contribution in [0.5, 0.6) is 0 Å². The van der Waals surface area contributed by atoms with Gasteiger partial charge in [0.2, 0.25) is 0 Å². The van der Waals surface area contributed by atoms with E-state index in [9.17, 15) is 8.78 Å². The zero-order chi connectivity index (χ0) is 9.97. The summed E-state index contributed by atoms with van der Waals surface area (Å²) in [5.41, 5.74) is 0.730. The molecule has 3 heteroatoms. The Morgan fingerprint density at radius 3 is 2.71 bits per heavy atom.